The molecule has 0 unspecified atom stereocenters. The van der Waals surface area contributed by atoms with Crippen molar-refractivity contribution in [2.24, 2.45) is 0 Å². The molecule has 3 heterocycles. The zero-order valence-electron chi connectivity index (χ0n) is 14.8. The topological polar surface area (TPSA) is 59.9 Å². The van der Waals surface area contributed by atoms with Crippen LogP contribution in [0.2, 0.25) is 0 Å². The summed E-state index contributed by atoms with van der Waals surface area (Å²) in [6.07, 6.45) is 0. The van der Waals surface area contributed by atoms with Crippen molar-refractivity contribution in [1.29, 1.82) is 0 Å². The van der Waals surface area contributed by atoms with Crippen LogP contribution in [0.25, 0.3) is 22.4 Å². The minimum absolute atomic E-state index is 0.206. The van der Waals surface area contributed by atoms with E-state index in [1.54, 1.807) is 30.3 Å². The lowest BCUT2D eigenvalue weighted by molar-refractivity contribution is 0.102. The molecule has 0 saturated heterocycles. The number of fused-ring (bicyclic) bond motifs is 10. The molecule has 0 amide bonds. The molecule has 1 aliphatic rings. The van der Waals surface area contributed by atoms with Gasteiger partial charge < -0.3 is 0 Å². The maximum Gasteiger partial charge on any atom is 0.229 e. The zero-order valence-corrected chi connectivity index (χ0v) is 14.8. The lowest BCUT2D eigenvalue weighted by Crippen LogP contribution is -2.11. The van der Waals surface area contributed by atoms with Gasteiger partial charge in [-0.15, -0.1) is 0 Å². The lowest BCUT2D eigenvalue weighted by Gasteiger charge is -2.10. The van der Waals surface area contributed by atoms with E-state index in [-0.39, 0.29) is 23.0 Å². The second-order valence-corrected chi connectivity index (χ2v) is 6.64. The first-order valence-corrected chi connectivity index (χ1v) is 8.93. The van der Waals surface area contributed by atoms with Gasteiger partial charge in [-0.1, -0.05) is 48.5 Å². The van der Waals surface area contributed by atoms with E-state index in [9.17, 15) is 9.59 Å². The van der Waals surface area contributed by atoms with Gasteiger partial charge in [0.2, 0.25) is 11.6 Å². The molecule has 4 nitrogen and oxygen atoms in total. The molecule has 0 radical (unpaired) electrons. The fourth-order valence-corrected chi connectivity index (χ4v) is 3.39. The highest BCUT2D eigenvalue weighted by molar-refractivity contribution is 6.10. The summed E-state index contributed by atoms with van der Waals surface area (Å²) in [6, 6.07) is 25.6. The quantitative estimate of drug-likeness (QED) is 0.404. The molecular formula is C24H14N2O2. The van der Waals surface area contributed by atoms with Crippen LogP contribution in [0.3, 0.4) is 0 Å². The summed E-state index contributed by atoms with van der Waals surface area (Å²) in [5.74, 6) is -0.523. The fraction of sp³-hybridized carbons (Fsp3) is 0. The van der Waals surface area contributed by atoms with Crippen LogP contribution in [0, 0.1) is 0 Å². The Morgan fingerprint density at radius 3 is 1.54 bits per heavy atom. The second kappa shape index (κ2) is 6.35. The highest BCUT2D eigenvalue weighted by Gasteiger charge is 2.18. The lowest BCUT2D eigenvalue weighted by atomic mass is 9.97. The van der Waals surface area contributed by atoms with Crippen LogP contribution in [0.15, 0.2) is 84.9 Å². The van der Waals surface area contributed by atoms with Gasteiger partial charge in [0, 0.05) is 11.1 Å². The van der Waals surface area contributed by atoms with Crippen LogP contribution in [0.4, 0.5) is 0 Å². The third-order valence-electron chi connectivity index (χ3n) is 4.81. The molecule has 2 aromatic carbocycles. The SMILES string of the molecule is O=C1c2cccc(c2)-c2cccc(c2)-c2cccc(n2)C(=O)c2cccc1n2. The van der Waals surface area contributed by atoms with E-state index in [4.69, 9.17) is 0 Å². The number of hydrogen-bond acceptors (Lipinski definition) is 4. The van der Waals surface area contributed by atoms with E-state index in [1.165, 1.54) is 0 Å². The number of pyridine rings is 2. The van der Waals surface area contributed by atoms with Crippen molar-refractivity contribution in [2.45, 2.75) is 0 Å². The Morgan fingerprint density at radius 1 is 0.429 bits per heavy atom. The number of rotatable bonds is 0. The van der Waals surface area contributed by atoms with Gasteiger partial charge in [0.1, 0.15) is 17.1 Å². The van der Waals surface area contributed by atoms with Gasteiger partial charge >= 0.3 is 0 Å². The summed E-state index contributed by atoms with van der Waals surface area (Å²) in [5.41, 5.74) is 4.82. The maximum atomic E-state index is 13.0. The third kappa shape index (κ3) is 2.72. The molecule has 0 atom stereocenters. The number of ketones is 2. The van der Waals surface area contributed by atoms with Crippen LogP contribution in [-0.2, 0) is 0 Å². The highest BCUT2D eigenvalue weighted by Crippen LogP contribution is 2.27. The van der Waals surface area contributed by atoms with Gasteiger partial charge in [0.25, 0.3) is 0 Å². The summed E-state index contributed by atoms with van der Waals surface area (Å²) in [6.45, 7) is 0. The predicted molar refractivity (Wildman–Crippen MR) is 106 cm³/mol. The van der Waals surface area contributed by atoms with Crippen LogP contribution in [0.5, 0.6) is 0 Å². The molecular weight excluding hydrogens is 348 g/mol. The summed E-state index contributed by atoms with van der Waals surface area (Å²) in [5, 5.41) is 0. The number of carbonyl (C=O) groups excluding carboxylic acids is 2. The van der Waals surface area contributed by atoms with E-state index in [2.05, 4.69) is 9.97 Å². The minimum atomic E-state index is -0.307. The standard InChI is InChI=1S/C24H14N2O2/c27-23-18-8-2-6-16(14-18)15-5-1-7-17(13-15)19-9-3-11-21(25-19)24(28)22-12-4-10-20(23)26-22/h1-14H. The minimum Gasteiger partial charge on any atom is -0.287 e. The van der Waals surface area contributed by atoms with Crippen molar-refractivity contribution in [2.75, 3.05) is 0 Å². The van der Waals surface area contributed by atoms with Crippen molar-refractivity contribution in [3.8, 4) is 22.4 Å². The van der Waals surface area contributed by atoms with Gasteiger partial charge in [-0.3, -0.25) is 9.59 Å². The number of carbonyl (C=O) groups is 2. The molecule has 0 N–H and O–H groups in total. The van der Waals surface area contributed by atoms with Gasteiger partial charge in [-0.05, 0) is 47.5 Å². The molecule has 2 aromatic heterocycles. The van der Waals surface area contributed by atoms with Gasteiger partial charge in [0.05, 0.1) is 5.69 Å². The maximum absolute atomic E-state index is 13.0. The molecule has 8 bridgehead atoms. The van der Waals surface area contributed by atoms with Crippen molar-refractivity contribution >= 4 is 11.6 Å². The molecule has 1 aliphatic heterocycles. The Balaban J connectivity index is 1.82. The van der Waals surface area contributed by atoms with Crippen molar-refractivity contribution in [3.05, 3.63) is 108 Å². The number of nitrogens with zero attached hydrogens (tertiary/aromatic N) is 2. The summed E-state index contributed by atoms with van der Waals surface area (Å²) < 4.78 is 0. The Bertz CT molecular complexity index is 1170. The molecule has 28 heavy (non-hydrogen) atoms. The van der Waals surface area contributed by atoms with Crippen molar-refractivity contribution in [3.63, 3.8) is 0 Å². The predicted octanol–water partition coefficient (Wildman–Crippen LogP) is 4.59. The Hall–Kier alpha value is -3.92. The number of aromatic nitrogens is 2. The van der Waals surface area contributed by atoms with E-state index in [0.29, 0.717) is 17.0 Å². The fourth-order valence-electron chi connectivity index (χ4n) is 3.39. The summed E-state index contributed by atoms with van der Waals surface area (Å²) in [4.78, 5) is 34.7. The van der Waals surface area contributed by atoms with Crippen LogP contribution < -0.4 is 0 Å². The normalized spacial score (nSPS) is 12.4. The molecule has 0 fully saturated rings. The van der Waals surface area contributed by atoms with E-state index in [0.717, 1.165) is 16.7 Å². The monoisotopic (exact) mass is 362 g/mol. The van der Waals surface area contributed by atoms with Crippen molar-refractivity contribution < 1.29 is 9.59 Å². The van der Waals surface area contributed by atoms with Gasteiger partial charge in [0.15, 0.2) is 0 Å². The first kappa shape index (κ1) is 16.3. The first-order chi connectivity index (χ1) is 13.7. The Morgan fingerprint density at radius 2 is 0.857 bits per heavy atom. The highest BCUT2D eigenvalue weighted by atomic mass is 16.1. The van der Waals surface area contributed by atoms with Gasteiger partial charge in [-0.2, -0.15) is 0 Å². The summed E-state index contributed by atoms with van der Waals surface area (Å²) in [7, 11) is 0. The molecule has 0 saturated carbocycles. The molecule has 0 spiro atoms. The zero-order chi connectivity index (χ0) is 19.1. The first-order valence-electron chi connectivity index (χ1n) is 8.93. The third-order valence-corrected chi connectivity index (χ3v) is 4.81. The Kier molecular flexibility index (Phi) is 3.69. The van der Waals surface area contributed by atoms with Crippen LogP contribution in [-0.4, -0.2) is 21.5 Å². The Labute approximate surface area is 161 Å². The smallest absolute Gasteiger partial charge is 0.229 e. The number of hydrogen-bond donors (Lipinski definition) is 0. The molecule has 5 rings (SSSR count). The van der Waals surface area contributed by atoms with Crippen LogP contribution in [0.1, 0.15) is 32.2 Å². The largest absolute Gasteiger partial charge is 0.287 e. The van der Waals surface area contributed by atoms with E-state index in [1.807, 2.05) is 54.6 Å². The average Bonchev–Trinajstić information content (AvgIpc) is 2.78. The van der Waals surface area contributed by atoms with E-state index >= 15 is 0 Å². The average molecular weight is 362 g/mol. The molecule has 4 heteroatoms. The molecule has 0 aliphatic carbocycles. The summed E-state index contributed by atoms with van der Waals surface area (Å²) >= 11 is 0. The van der Waals surface area contributed by atoms with Crippen molar-refractivity contribution in [1.82, 2.24) is 9.97 Å². The van der Waals surface area contributed by atoms with Crippen LogP contribution >= 0.6 is 0 Å². The van der Waals surface area contributed by atoms with E-state index < -0.39 is 0 Å². The number of benzene rings is 2. The second-order valence-electron chi connectivity index (χ2n) is 6.64. The van der Waals surface area contributed by atoms with Gasteiger partial charge in [-0.25, -0.2) is 9.97 Å². The molecule has 4 aromatic rings. The molecule has 132 valence electrons.